The molecular formula is C16H20F3NO2. The Morgan fingerprint density at radius 1 is 1.18 bits per heavy atom. The Balaban J connectivity index is 1.72. The molecule has 0 aliphatic carbocycles. The highest BCUT2D eigenvalue weighted by Crippen LogP contribution is 2.36. The normalized spacial score (nSPS) is 27.2. The quantitative estimate of drug-likeness (QED) is 0.855. The number of morpholine rings is 1. The van der Waals surface area contributed by atoms with E-state index >= 15 is 0 Å². The van der Waals surface area contributed by atoms with Crippen LogP contribution in [0.3, 0.4) is 0 Å². The standard InChI is InChI=1S/C16H20F3NO2/c17-16(18,19)14-4-2-1-3-13(14)15-10-20(6-8-22-15)9-12-5-7-21-11-12/h1-4,12,15H,5-11H2/t12-,15-/m1/s1. The van der Waals surface area contributed by atoms with Crippen LogP contribution in [0.4, 0.5) is 13.2 Å². The number of nitrogens with zero attached hydrogens (tertiary/aromatic N) is 1. The fourth-order valence-electron chi connectivity index (χ4n) is 3.18. The molecular weight excluding hydrogens is 295 g/mol. The first-order valence-corrected chi connectivity index (χ1v) is 7.62. The molecule has 1 aromatic rings. The van der Waals surface area contributed by atoms with Crippen LogP contribution < -0.4 is 0 Å². The van der Waals surface area contributed by atoms with Crippen molar-refractivity contribution >= 4 is 0 Å². The average Bonchev–Trinajstić information content (AvgIpc) is 3.00. The lowest BCUT2D eigenvalue weighted by Crippen LogP contribution is -2.41. The molecule has 122 valence electrons. The summed E-state index contributed by atoms with van der Waals surface area (Å²) < 4.78 is 50.4. The molecule has 22 heavy (non-hydrogen) atoms. The molecule has 0 radical (unpaired) electrons. The number of alkyl halides is 3. The smallest absolute Gasteiger partial charge is 0.381 e. The number of hydrogen-bond donors (Lipinski definition) is 0. The maximum absolute atomic E-state index is 13.1. The molecule has 2 heterocycles. The second kappa shape index (κ2) is 6.56. The zero-order valence-corrected chi connectivity index (χ0v) is 12.3. The van der Waals surface area contributed by atoms with E-state index in [1.165, 1.54) is 12.1 Å². The van der Waals surface area contributed by atoms with Gasteiger partial charge >= 0.3 is 6.18 Å². The molecule has 2 fully saturated rings. The number of rotatable bonds is 3. The van der Waals surface area contributed by atoms with E-state index in [4.69, 9.17) is 9.47 Å². The summed E-state index contributed by atoms with van der Waals surface area (Å²) in [5.74, 6) is 0.483. The zero-order chi connectivity index (χ0) is 15.6. The van der Waals surface area contributed by atoms with Crippen molar-refractivity contribution in [2.75, 3.05) is 39.5 Å². The Morgan fingerprint density at radius 2 is 2.00 bits per heavy atom. The van der Waals surface area contributed by atoms with Crippen LogP contribution in [0.2, 0.25) is 0 Å². The summed E-state index contributed by atoms with van der Waals surface area (Å²) in [7, 11) is 0. The van der Waals surface area contributed by atoms with Gasteiger partial charge in [-0.2, -0.15) is 13.2 Å². The lowest BCUT2D eigenvalue weighted by atomic mass is 10.00. The minimum atomic E-state index is -4.35. The van der Waals surface area contributed by atoms with Crippen LogP contribution in [-0.2, 0) is 15.7 Å². The molecule has 0 unspecified atom stereocenters. The number of ether oxygens (including phenoxy) is 2. The summed E-state index contributed by atoms with van der Waals surface area (Å²) in [6, 6.07) is 5.71. The fraction of sp³-hybridized carbons (Fsp3) is 0.625. The van der Waals surface area contributed by atoms with Gasteiger partial charge < -0.3 is 9.47 Å². The van der Waals surface area contributed by atoms with Gasteiger partial charge in [0.05, 0.1) is 24.9 Å². The fourth-order valence-corrected chi connectivity index (χ4v) is 3.18. The maximum atomic E-state index is 13.1. The third-order valence-electron chi connectivity index (χ3n) is 4.30. The van der Waals surface area contributed by atoms with Gasteiger partial charge in [-0.3, -0.25) is 4.90 Å². The minimum Gasteiger partial charge on any atom is -0.381 e. The van der Waals surface area contributed by atoms with Crippen LogP contribution in [0.1, 0.15) is 23.7 Å². The molecule has 0 N–H and O–H groups in total. The Labute approximate surface area is 128 Å². The van der Waals surface area contributed by atoms with E-state index in [-0.39, 0.29) is 5.56 Å². The first kappa shape index (κ1) is 15.8. The first-order chi connectivity index (χ1) is 10.5. The zero-order valence-electron chi connectivity index (χ0n) is 12.3. The molecule has 3 rings (SSSR count). The summed E-state index contributed by atoms with van der Waals surface area (Å²) in [4.78, 5) is 2.20. The Hall–Kier alpha value is -1.11. The van der Waals surface area contributed by atoms with Crippen molar-refractivity contribution in [1.82, 2.24) is 4.90 Å². The van der Waals surface area contributed by atoms with Gasteiger partial charge in [0.1, 0.15) is 0 Å². The van der Waals surface area contributed by atoms with Gasteiger partial charge in [-0.05, 0) is 24.0 Å². The highest BCUT2D eigenvalue weighted by atomic mass is 19.4. The lowest BCUT2D eigenvalue weighted by Gasteiger charge is -2.35. The molecule has 0 bridgehead atoms. The van der Waals surface area contributed by atoms with E-state index < -0.39 is 17.8 Å². The number of benzene rings is 1. The first-order valence-electron chi connectivity index (χ1n) is 7.62. The Kier molecular flexibility index (Phi) is 4.70. The van der Waals surface area contributed by atoms with Crippen molar-refractivity contribution in [1.29, 1.82) is 0 Å². The molecule has 2 saturated heterocycles. The van der Waals surface area contributed by atoms with E-state index in [0.717, 1.165) is 38.8 Å². The van der Waals surface area contributed by atoms with Gasteiger partial charge in [0.2, 0.25) is 0 Å². The van der Waals surface area contributed by atoms with Crippen molar-refractivity contribution < 1.29 is 22.6 Å². The van der Waals surface area contributed by atoms with Crippen LogP contribution in [0.15, 0.2) is 24.3 Å². The third kappa shape index (κ3) is 3.62. The summed E-state index contributed by atoms with van der Waals surface area (Å²) in [6.45, 7) is 4.14. The van der Waals surface area contributed by atoms with Crippen LogP contribution in [-0.4, -0.2) is 44.4 Å². The van der Waals surface area contributed by atoms with E-state index in [0.29, 0.717) is 19.1 Å². The van der Waals surface area contributed by atoms with Gasteiger partial charge in [0.25, 0.3) is 0 Å². The van der Waals surface area contributed by atoms with Gasteiger partial charge in [0.15, 0.2) is 0 Å². The van der Waals surface area contributed by atoms with Crippen molar-refractivity contribution in [3.05, 3.63) is 35.4 Å². The molecule has 2 atom stereocenters. The third-order valence-corrected chi connectivity index (χ3v) is 4.30. The van der Waals surface area contributed by atoms with Crippen LogP contribution in [0.5, 0.6) is 0 Å². The van der Waals surface area contributed by atoms with Gasteiger partial charge in [-0.25, -0.2) is 0 Å². The van der Waals surface area contributed by atoms with Crippen molar-refractivity contribution in [2.45, 2.75) is 18.7 Å². The lowest BCUT2D eigenvalue weighted by molar-refractivity contribution is -0.140. The Bertz CT molecular complexity index is 500. The summed E-state index contributed by atoms with van der Waals surface area (Å²) in [5.41, 5.74) is -0.353. The van der Waals surface area contributed by atoms with E-state index in [2.05, 4.69) is 4.90 Å². The molecule has 3 nitrogen and oxygen atoms in total. The van der Waals surface area contributed by atoms with Crippen molar-refractivity contribution in [2.24, 2.45) is 5.92 Å². The molecule has 0 saturated carbocycles. The Morgan fingerprint density at radius 3 is 2.73 bits per heavy atom. The predicted octanol–water partition coefficient (Wildman–Crippen LogP) is 3.12. The largest absolute Gasteiger partial charge is 0.416 e. The molecule has 6 heteroatoms. The molecule has 1 aromatic carbocycles. The van der Waals surface area contributed by atoms with Gasteiger partial charge in [0, 0.05) is 26.2 Å². The van der Waals surface area contributed by atoms with Gasteiger partial charge in [-0.1, -0.05) is 18.2 Å². The second-order valence-electron chi connectivity index (χ2n) is 5.93. The topological polar surface area (TPSA) is 21.7 Å². The number of hydrogen-bond acceptors (Lipinski definition) is 3. The minimum absolute atomic E-state index is 0.238. The van der Waals surface area contributed by atoms with E-state index in [9.17, 15) is 13.2 Å². The molecule has 0 spiro atoms. The van der Waals surface area contributed by atoms with Crippen LogP contribution in [0, 0.1) is 5.92 Å². The van der Waals surface area contributed by atoms with Crippen LogP contribution >= 0.6 is 0 Å². The summed E-state index contributed by atoms with van der Waals surface area (Å²) in [5, 5.41) is 0. The monoisotopic (exact) mass is 315 g/mol. The van der Waals surface area contributed by atoms with Crippen molar-refractivity contribution in [3.63, 3.8) is 0 Å². The van der Waals surface area contributed by atoms with Gasteiger partial charge in [-0.15, -0.1) is 0 Å². The van der Waals surface area contributed by atoms with Crippen LogP contribution in [0.25, 0.3) is 0 Å². The predicted molar refractivity (Wildman–Crippen MR) is 75.5 cm³/mol. The molecule has 0 aromatic heterocycles. The average molecular weight is 315 g/mol. The molecule has 2 aliphatic rings. The summed E-state index contributed by atoms with van der Waals surface area (Å²) in [6.07, 6.45) is -3.84. The van der Waals surface area contributed by atoms with E-state index in [1.807, 2.05) is 0 Å². The SMILES string of the molecule is FC(F)(F)c1ccccc1[C@H]1CN(C[C@H]2CCOC2)CCO1. The summed E-state index contributed by atoms with van der Waals surface area (Å²) >= 11 is 0. The highest BCUT2D eigenvalue weighted by Gasteiger charge is 2.36. The van der Waals surface area contributed by atoms with Crippen molar-refractivity contribution in [3.8, 4) is 0 Å². The molecule has 0 amide bonds. The molecule has 2 aliphatic heterocycles. The maximum Gasteiger partial charge on any atom is 0.416 e. The number of halogens is 3. The highest BCUT2D eigenvalue weighted by molar-refractivity contribution is 5.32. The second-order valence-corrected chi connectivity index (χ2v) is 5.93. The van der Waals surface area contributed by atoms with E-state index in [1.54, 1.807) is 6.07 Å².